The van der Waals surface area contributed by atoms with E-state index in [4.69, 9.17) is 24.4 Å². The highest BCUT2D eigenvalue weighted by molar-refractivity contribution is 7.46. The molecule has 0 aliphatic carbocycles. The molecule has 0 radical (unpaired) electrons. The first-order valence-electron chi connectivity index (χ1n) is 19.0. The van der Waals surface area contributed by atoms with Crippen LogP contribution >= 0.6 is 7.82 Å². The van der Waals surface area contributed by atoms with Crippen molar-refractivity contribution in [2.45, 2.75) is 167 Å². The Balaban J connectivity index is 4.07. The zero-order valence-corrected chi connectivity index (χ0v) is 31.4. The predicted octanol–water partition coefficient (Wildman–Crippen LogP) is 10.2. The minimum atomic E-state index is -4.77. The Hall–Kier alpha value is -2.03. The fraction of sp³-hybridized carbons (Fsp3) is 0.744. The predicted molar refractivity (Wildman–Crippen MR) is 199 cm³/mol. The van der Waals surface area contributed by atoms with Crippen LogP contribution in [0.4, 0.5) is 0 Å². The molecular weight excluding hydrogens is 643 g/mol. The minimum Gasteiger partial charge on any atom is -0.462 e. The maximum atomic E-state index is 12.3. The summed E-state index contributed by atoms with van der Waals surface area (Å²) in [5, 5.41) is 8.76. The number of carbonyl (C=O) groups is 2. The molecule has 0 saturated heterocycles. The molecule has 0 unspecified atom stereocenters. The zero-order chi connectivity index (χ0) is 36.1. The summed E-state index contributed by atoms with van der Waals surface area (Å²) in [6, 6.07) is 0. The van der Waals surface area contributed by atoms with E-state index in [0.717, 1.165) is 57.8 Å². The average Bonchev–Trinajstić information content (AvgIpc) is 3.07. The van der Waals surface area contributed by atoms with Crippen molar-refractivity contribution < 1.29 is 43.0 Å². The third kappa shape index (κ3) is 38.6. The largest absolute Gasteiger partial charge is 0.469 e. The number of rotatable bonds is 35. The number of esters is 2. The summed E-state index contributed by atoms with van der Waals surface area (Å²) < 4.78 is 26.2. The number of phosphoric ester groups is 1. The number of hydrogen-bond acceptors (Lipinski definition) is 7. The summed E-state index contributed by atoms with van der Waals surface area (Å²) in [5.41, 5.74) is 0. The van der Waals surface area contributed by atoms with Crippen molar-refractivity contribution in [3.05, 3.63) is 48.6 Å². The summed E-state index contributed by atoms with van der Waals surface area (Å²) in [7, 11) is -4.77. The van der Waals surface area contributed by atoms with Crippen molar-refractivity contribution >= 4 is 19.8 Å². The highest BCUT2D eigenvalue weighted by Gasteiger charge is 2.22. The Morgan fingerprint density at radius 3 is 1.53 bits per heavy atom. The van der Waals surface area contributed by atoms with Gasteiger partial charge in [0.05, 0.1) is 6.61 Å². The Kier molecular flexibility index (Phi) is 34.3. The highest BCUT2D eigenvalue weighted by atomic mass is 31.2. The quantitative estimate of drug-likeness (QED) is 0.0253. The van der Waals surface area contributed by atoms with Gasteiger partial charge in [-0.05, 0) is 57.8 Å². The molecule has 0 spiro atoms. The number of aliphatic hydroxyl groups is 1. The van der Waals surface area contributed by atoms with Crippen LogP contribution in [-0.2, 0) is 28.2 Å². The van der Waals surface area contributed by atoms with Gasteiger partial charge < -0.3 is 24.4 Å². The third-order valence-corrected chi connectivity index (χ3v) is 8.39. The van der Waals surface area contributed by atoms with Gasteiger partial charge in [0.15, 0.2) is 6.10 Å². The van der Waals surface area contributed by atoms with E-state index in [2.05, 4.69) is 47.9 Å². The lowest BCUT2D eigenvalue weighted by atomic mass is 10.0. The first-order valence-corrected chi connectivity index (χ1v) is 20.6. The molecule has 0 fully saturated rings. The van der Waals surface area contributed by atoms with Gasteiger partial charge in [-0.25, -0.2) is 4.57 Å². The molecule has 0 aromatic heterocycles. The van der Waals surface area contributed by atoms with Gasteiger partial charge in [0.25, 0.3) is 0 Å². The molecule has 0 aromatic carbocycles. The first-order chi connectivity index (χ1) is 23.8. The molecule has 0 bridgehead atoms. The van der Waals surface area contributed by atoms with Crippen LogP contribution in [-0.4, -0.2) is 52.8 Å². The van der Waals surface area contributed by atoms with E-state index < -0.39 is 32.5 Å². The standard InChI is InChI=1S/C39H69O9P/c1-2-3-4-5-6-7-8-14-17-20-23-26-29-32-38(41)46-35-37(36-47-49(43,44)45)48-39(42)33-30-27-24-21-18-15-12-10-9-11-13-16-19-22-25-28-31-34-40/h9,11-12,15-16,19,21,24,37,40H,2-8,10,13-14,17-18,20,22-23,25-36H2,1H3,(H2,43,44,45)/b11-9-,15-12-,19-16-,24-21-/t37-/m1/s1. The Labute approximate surface area is 297 Å². The van der Waals surface area contributed by atoms with E-state index in [-0.39, 0.29) is 26.1 Å². The number of allylic oxidation sites excluding steroid dienone is 8. The zero-order valence-electron chi connectivity index (χ0n) is 30.5. The molecule has 0 saturated carbocycles. The van der Waals surface area contributed by atoms with E-state index in [1.165, 1.54) is 64.2 Å². The molecule has 1 atom stereocenters. The molecule has 0 aliphatic heterocycles. The van der Waals surface area contributed by atoms with E-state index in [9.17, 15) is 14.2 Å². The summed E-state index contributed by atoms with van der Waals surface area (Å²) in [6.07, 6.45) is 39.9. The lowest BCUT2D eigenvalue weighted by Crippen LogP contribution is -2.29. The molecule has 10 heteroatoms. The van der Waals surface area contributed by atoms with Crippen LogP contribution in [0, 0.1) is 0 Å². The molecule has 0 aromatic rings. The number of carbonyl (C=O) groups excluding carboxylic acids is 2. The smallest absolute Gasteiger partial charge is 0.462 e. The van der Waals surface area contributed by atoms with Gasteiger partial charge in [-0.15, -0.1) is 0 Å². The highest BCUT2D eigenvalue weighted by Crippen LogP contribution is 2.36. The second-order valence-corrected chi connectivity index (χ2v) is 13.9. The molecule has 284 valence electrons. The summed E-state index contributed by atoms with van der Waals surface area (Å²) in [4.78, 5) is 42.7. The van der Waals surface area contributed by atoms with Gasteiger partial charge >= 0.3 is 19.8 Å². The molecular formula is C39H69O9P. The molecule has 9 nitrogen and oxygen atoms in total. The van der Waals surface area contributed by atoms with E-state index in [0.29, 0.717) is 19.3 Å². The summed E-state index contributed by atoms with van der Waals surface area (Å²) in [6.45, 7) is 1.64. The van der Waals surface area contributed by atoms with Crippen LogP contribution in [0.3, 0.4) is 0 Å². The lowest BCUT2D eigenvalue weighted by molar-refractivity contribution is -0.161. The molecule has 0 heterocycles. The summed E-state index contributed by atoms with van der Waals surface area (Å²) in [5.74, 6) is -0.965. The molecule has 49 heavy (non-hydrogen) atoms. The molecule has 0 rings (SSSR count). The van der Waals surface area contributed by atoms with Crippen molar-refractivity contribution in [2.24, 2.45) is 0 Å². The van der Waals surface area contributed by atoms with Gasteiger partial charge in [0.2, 0.25) is 0 Å². The van der Waals surface area contributed by atoms with Crippen molar-refractivity contribution in [1.82, 2.24) is 0 Å². The van der Waals surface area contributed by atoms with Gasteiger partial charge in [0.1, 0.15) is 6.61 Å². The van der Waals surface area contributed by atoms with E-state index in [1.54, 1.807) is 0 Å². The first kappa shape index (κ1) is 47.0. The SMILES string of the molecule is CCCCCCCCCCCCCCCC(=O)OC[C@H](COP(=O)(O)O)OC(=O)CCC/C=C\C/C=C\C/C=C\C/C=C\CCCCCO. The van der Waals surface area contributed by atoms with Crippen LogP contribution in [0.5, 0.6) is 0 Å². The fourth-order valence-corrected chi connectivity index (χ4v) is 5.41. The monoisotopic (exact) mass is 712 g/mol. The van der Waals surface area contributed by atoms with Crippen LogP contribution in [0.1, 0.15) is 161 Å². The fourth-order valence-electron chi connectivity index (χ4n) is 5.05. The molecule has 0 aliphatic rings. The van der Waals surface area contributed by atoms with Crippen LogP contribution in [0.2, 0.25) is 0 Å². The van der Waals surface area contributed by atoms with Crippen molar-refractivity contribution in [2.75, 3.05) is 19.8 Å². The average molecular weight is 713 g/mol. The Morgan fingerprint density at radius 1 is 0.571 bits per heavy atom. The second kappa shape index (κ2) is 35.8. The van der Waals surface area contributed by atoms with Gasteiger partial charge in [-0.3, -0.25) is 14.1 Å². The number of ether oxygens (including phenoxy) is 2. The van der Waals surface area contributed by atoms with Gasteiger partial charge in [-0.1, -0.05) is 139 Å². The maximum absolute atomic E-state index is 12.3. The van der Waals surface area contributed by atoms with Gasteiger partial charge in [0, 0.05) is 19.4 Å². The van der Waals surface area contributed by atoms with E-state index >= 15 is 0 Å². The molecule has 0 amide bonds. The second-order valence-electron chi connectivity index (χ2n) is 12.6. The molecule has 3 N–H and O–H groups in total. The lowest BCUT2D eigenvalue weighted by Gasteiger charge is -2.18. The van der Waals surface area contributed by atoms with Crippen molar-refractivity contribution in [3.63, 3.8) is 0 Å². The number of unbranched alkanes of at least 4 members (excludes halogenated alkanes) is 16. The topological polar surface area (TPSA) is 140 Å². The maximum Gasteiger partial charge on any atom is 0.469 e. The van der Waals surface area contributed by atoms with Crippen molar-refractivity contribution in [1.29, 1.82) is 0 Å². The van der Waals surface area contributed by atoms with Crippen LogP contribution < -0.4 is 0 Å². The minimum absolute atomic E-state index is 0.126. The third-order valence-electron chi connectivity index (χ3n) is 7.91. The summed E-state index contributed by atoms with van der Waals surface area (Å²) >= 11 is 0. The van der Waals surface area contributed by atoms with E-state index in [1.807, 2.05) is 12.2 Å². The Bertz CT molecular complexity index is 939. The number of phosphoric acid groups is 1. The van der Waals surface area contributed by atoms with Crippen LogP contribution in [0.25, 0.3) is 0 Å². The van der Waals surface area contributed by atoms with Crippen LogP contribution in [0.15, 0.2) is 48.6 Å². The number of aliphatic hydroxyl groups excluding tert-OH is 1. The Morgan fingerprint density at radius 2 is 1.02 bits per heavy atom. The van der Waals surface area contributed by atoms with Gasteiger partial charge in [-0.2, -0.15) is 0 Å². The van der Waals surface area contributed by atoms with Crippen molar-refractivity contribution in [3.8, 4) is 0 Å². The number of hydrogen-bond donors (Lipinski definition) is 3. The normalized spacial score (nSPS) is 13.0.